The number of hydrogen-bond donors (Lipinski definition) is 1. The molecule has 0 saturated heterocycles. The van der Waals surface area contributed by atoms with Crippen molar-refractivity contribution in [2.75, 3.05) is 7.05 Å². The zero-order chi connectivity index (χ0) is 13.8. The van der Waals surface area contributed by atoms with Crippen LogP contribution >= 0.6 is 0 Å². The molecule has 0 aliphatic heterocycles. The van der Waals surface area contributed by atoms with E-state index in [0.717, 1.165) is 0 Å². The monoisotopic (exact) mass is 257 g/mol. The van der Waals surface area contributed by atoms with E-state index in [9.17, 15) is 4.79 Å². The minimum Gasteiger partial charge on any atom is -0.312 e. The summed E-state index contributed by atoms with van der Waals surface area (Å²) >= 11 is 0. The predicted octanol–water partition coefficient (Wildman–Crippen LogP) is 1.82. The summed E-state index contributed by atoms with van der Waals surface area (Å²) in [6.45, 7) is 4.74. The Hall–Kier alpha value is -1.94. The molecule has 0 radical (unpaired) electrons. The van der Waals surface area contributed by atoms with Crippen LogP contribution in [0, 0.1) is 13.8 Å². The van der Waals surface area contributed by atoms with E-state index < -0.39 is 0 Å². The molecule has 0 saturated carbocycles. The Balaban J connectivity index is 2.30. The average molecular weight is 257 g/mol. The molecule has 1 N–H and O–H groups in total. The van der Waals surface area contributed by atoms with Crippen molar-refractivity contribution in [1.82, 2.24) is 14.9 Å². The number of nitrogens with one attached hydrogen (secondary N) is 1. The molecule has 2 aromatic rings. The first kappa shape index (κ1) is 13.5. The van der Waals surface area contributed by atoms with Crippen molar-refractivity contribution in [1.29, 1.82) is 0 Å². The Bertz CT molecular complexity index is 599. The topological polar surface area (TPSA) is 46.9 Å². The van der Waals surface area contributed by atoms with Gasteiger partial charge in [0.05, 0.1) is 12.4 Å². The van der Waals surface area contributed by atoms with Crippen molar-refractivity contribution < 1.29 is 0 Å². The molecule has 100 valence electrons. The van der Waals surface area contributed by atoms with E-state index in [-0.39, 0.29) is 11.6 Å². The lowest BCUT2D eigenvalue weighted by Crippen LogP contribution is -2.28. The van der Waals surface area contributed by atoms with Crippen LogP contribution in [0.5, 0.6) is 0 Å². The minimum absolute atomic E-state index is 0.0281. The number of benzene rings is 1. The molecular weight excluding hydrogens is 238 g/mol. The van der Waals surface area contributed by atoms with Crippen molar-refractivity contribution in [3.8, 4) is 0 Å². The normalized spacial score (nSPS) is 12.4. The fraction of sp³-hybridized carbons (Fsp3) is 0.333. The van der Waals surface area contributed by atoms with Gasteiger partial charge in [-0.05, 0) is 26.5 Å². The van der Waals surface area contributed by atoms with Gasteiger partial charge in [-0.3, -0.25) is 9.36 Å². The Labute approximate surface area is 113 Å². The highest BCUT2D eigenvalue weighted by molar-refractivity contribution is 5.30. The lowest BCUT2D eigenvalue weighted by Gasteiger charge is -2.18. The Morgan fingerprint density at radius 2 is 1.95 bits per heavy atom. The van der Waals surface area contributed by atoms with Gasteiger partial charge >= 0.3 is 0 Å². The standard InChI is InChI=1S/C15H19N3O/c1-11-6-12(2)8-13(7-11)14(16-3)9-18-10-17-5-4-15(18)19/h4-8,10,14,16H,9H2,1-3H3. The highest BCUT2D eigenvalue weighted by Gasteiger charge is 2.11. The summed E-state index contributed by atoms with van der Waals surface area (Å²) in [4.78, 5) is 15.7. The summed E-state index contributed by atoms with van der Waals surface area (Å²) in [5.74, 6) is 0. The number of nitrogens with zero attached hydrogens (tertiary/aromatic N) is 2. The minimum atomic E-state index is -0.0281. The van der Waals surface area contributed by atoms with Gasteiger partial charge in [-0.2, -0.15) is 0 Å². The third kappa shape index (κ3) is 3.29. The van der Waals surface area contributed by atoms with Crippen molar-refractivity contribution in [2.45, 2.75) is 26.4 Å². The van der Waals surface area contributed by atoms with Crippen LogP contribution in [0.3, 0.4) is 0 Å². The number of rotatable bonds is 4. The predicted molar refractivity (Wildman–Crippen MR) is 76.2 cm³/mol. The van der Waals surface area contributed by atoms with Crippen LogP contribution in [0.2, 0.25) is 0 Å². The fourth-order valence-corrected chi connectivity index (χ4v) is 2.29. The molecule has 1 aromatic heterocycles. The highest BCUT2D eigenvalue weighted by atomic mass is 16.1. The van der Waals surface area contributed by atoms with Gasteiger partial charge in [0.25, 0.3) is 5.56 Å². The molecule has 1 heterocycles. The summed E-state index contributed by atoms with van der Waals surface area (Å²) in [6, 6.07) is 8.02. The fourth-order valence-electron chi connectivity index (χ4n) is 2.29. The van der Waals surface area contributed by atoms with Crippen molar-refractivity contribution in [3.05, 3.63) is 63.8 Å². The van der Waals surface area contributed by atoms with E-state index >= 15 is 0 Å². The zero-order valence-electron chi connectivity index (χ0n) is 11.6. The lowest BCUT2D eigenvalue weighted by molar-refractivity contribution is 0.486. The average Bonchev–Trinajstić information content (AvgIpc) is 2.36. The molecule has 2 rings (SSSR count). The molecule has 1 unspecified atom stereocenters. The number of likely N-dealkylation sites (N-methyl/N-ethyl adjacent to an activating group) is 1. The van der Waals surface area contributed by atoms with E-state index in [2.05, 4.69) is 42.3 Å². The number of aromatic nitrogens is 2. The molecule has 0 aliphatic rings. The number of aryl methyl sites for hydroxylation is 2. The molecule has 0 aliphatic carbocycles. The van der Waals surface area contributed by atoms with Gasteiger partial charge in [0.2, 0.25) is 0 Å². The quantitative estimate of drug-likeness (QED) is 0.909. The van der Waals surface area contributed by atoms with Crippen LogP contribution < -0.4 is 10.9 Å². The highest BCUT2D eigenvalue weighted by Crippen LogP contribution is 2.17. The maximum atomic E-state index is 11.7. The van der Waals surface area contributed by atoms with Gasteiger partial charge < -0.3 is 5.32 Å². The van der Waals surface area contributed by atoms with E-state index in [4.69, 9.17) is 0 Å². The third-order valence-corrected chi connectivity index (χ3v) is 3.17. The second-order valence-electron chi connectivity index (χ2n) is 4.83. The smallest absolute Gasteiger partial charge is 0.253 e. The van der Waals surface area contributed by atoms with Crippen LogP contribution in [-0.2, 0) is 6.54 Å². The van der Waals surface area contributed by atoms with Crippen molar-refractivity contribution >= 4 is 0 Å². The summed E-state index contributed by atoms with van der Waals surface area (Å²) in [5, 5.41) is 3.26. The van der Waals surface area contributed by atoms with Crippen LogP contribution in [0.1, 0.15) is 22.7 Å². The maximum Gasteiger partial charge on any atom is 0.253 e. The van der Waals surface area contributed by atoms with Gasteiger partial charge in [-0.15, -0.1) is 0 Å². The lowest BCUT2D eigenvalue weighted by atomic mass is 10.0. The largest absolute Gasteiger partial charge is 0.312 e. The second kappa shape index (κ2) is 5.80. The van der Waals surface area contributed by atoms with Crippen molar-refractivity contribution in [3.63, 3.8) is 0 Å². The first-order chi connectivity index (χ1) is 9.10. The van der Waals surface area contributed by atoms with Crippen molar-refractivity contribution in [2.24, 2.45) is 0 Å². The Kier molecular flexibility index (Phi) is 4.12. The first-order valence-electron chi connectivity index (χ1n) is 6.36. The molecule has 4 heteroatoms. The van der Waals surface area contributed by atoms with Gasteiger partial charge in [0, 0.05) is 18.8 Å². The van der Waals surface area contributed by atoms with Crippen LogP contribution in [0.4, 0.5) is 0 Å². The van der Waals surface area contributed by atoms with Gasteiger partial charge in [-0.25, -0.2) is 4.98 Å². The molecule has 4 nitrogen and oxygen atoms in total. The van der Waals surface area contributed by atoms with Gasteiger partial charge in [0.15, 0.2) is 0 Å². The molecule has 0 fully saturated rings. The van der Waals surface area contributed by atoms with Gasteiger partial charge in [0.1, 0.15) is 0 Å². The first-order valence-corrected chi connectivity index (χ1v) is 6.36. The van der Waals surface area contributed by atoms with Crippen LogP contribution in [0.25, 0.3) is 0 Å². The summed E-state index contributed by atoms with van der Waals surface area (Å²) in [7, 11) is 1.91. The molecule has 0 spiro atoms. The summed E-state index contributed by atoms with van der Waals surface area (Å²) in [5.41, 5.74) is 3.62. The van der Waals surface area contributed by atoms with E-state index in [1.807, 2.05) is 7.05 Å². The molecular formula is C15H19N3O. The Morgan fingerprint density at radius 3 is 2.53 bits per heavy atom. The zero-order valence-corrected chi connectivity index (χ0v) is 11.6. The Morgan fingerprint density at radius 1 is 1.26 bits per heavy atom. The molecule has 19 heavy (non-hydrogen) atoms. The molecule has 1 atom stereocenters. The summed E-state index contributed by atoms with van der Waals surface area (Å²) < 4.78 is 1.62. The van der Waals surface area contributed by atoms with Gasteiger partial charge in [-0.1, -0.05) is 29.3 Å². The molecule has 0 amide bonds. The van der Waals surface area contributed by atoms with E-state index in [0.29, 0.717) is 6.54 Å². The second-order valence-corrected chi connectivity index (χ2v) is 4.83. The number of hydrogen-bond acceptors (Lipinski definition) is 3. The van der Waals surface area contributed by atoms with Crippen LogP contribution in [-0.4, -0.2) is 16.6 Å². The molecule has 1 aromatic carbocycles. The third-order valence-electron chi connectivity index (χ3n) is 3.17. The summed E-state index contributed by atoms with van der Waals surface area (Å²) in [6.07, 6.45) is 3.10. The SMILES string of the molecule is CNC(Cn1cnccc1=O)c1cc(C)cc(C)c1. The van der Waals surface area contributed by atoms with E-state index in [1.165, 1.54) is 29.0 Å². The molecule has 0 bridgehead atoms. The maximum absolute atomic E-state index is 11.7. The van der Waals surface area contributed by atoms with E-state index in [1.54, 1.807) is 10.9 Å². The van der Waals surface area contributed by atoms with Crippen LogP contribution in [0.15, 0.2) is 41.6 Å².